The van der Waals surface area contributed by atoms with Gasteiger partial charge in [0.2, 0.25) is 0 Å². The smallest absolute Gasteiger partial charge is 0.277 e. The second-order valence-corrected chi connectivity index (χ2v) is 7.14. The summed E-state index contributed by atoms with van der Waals surface area (Å²) in [4.78, 5) is 21.7. The van der Waals surface area contributed by atoms with Gasteiger partial charge in [0.15, 0.2) is 5.65 Å². The molecule has 0 unspecified atom stereocenters. The number of nitrogens with zero attached hydrogens (tertiary/aromatic N) is 3. The first kappa shape index (κ1) is 20.4. The third-order valence-corrected chi connectivity index (χ3v) is 4.80. The van der Waals surface area contributed by atoms with E-state index in [1.54, 1.807) is 27.3 Å². The van der Waals surface area contributed by atoms with Crippen molar-refractivity contribution in [2.75, 3.05) is 24.9 Å². The van der Waals surface area contributed by atoms with Gasteiger partial charge in [-0.1, -0.05) is 12.1 Å². The van der Waals surface area contributed by atoms with Crippen LogP contribution in [0.4, 0.5) is 23.0 Å². The normalized spacial score (nSPS) is 11.0. The lowest BCUT2D eigenvalue weighted by molar-refractivity contribution is 0.184. The van der Waals surface area contributed by atoms with E-state index in [0.717, 1.165) is 16.9 Å². The fourth-order valence-electron chi connectivity index (χ4n) is 3.37. The molecule has 160 valence electrons. The molecule has 0 spiro atoms. The number of hydrogen-bond acceptors (Lipinski definition) is 7. The molecule has 0 fully saturated rings. The Balaban J connectivity index is 1.78. The van der Waals surface area contributed by atoms with Gasteiger partial charge in [-0.3, -0.25) is 14.6 Å². The van der Waals surface area contributed by atoms with Crippen molar-refractivity contribution >= 4 is 34.0 Å². The van der Waals surface area contributed by atoms with Gasteiger partial charge in [-0.2, -0.15) is 0 Å². The highest BCUT2D eigenvalue weighted by molar-refractivity contribution is 5.93. The molecule has 4 aromatic rings. The van der Waals surface area contributed by atoms with Gasteiger partial charge in [0, 0.05) is 25.9 Å². The van der Waals surface area contributed by atoms with Crippen molar-refractivity contribution in [2.24, 2.45) is 7.05 Å². The van der Waals surface area contributed by atoms with Crippen LogP contribution < -0.4 is 20.9 Å². The van der Waals surface area contributed by atoms with Crippen molar-refractivity contribution in [3.63, 3.8) is 0 Å². The largest absolute Gasteiger partial charge is 0.495 e. The number of aromatic nitrogens is 4. The summed E-state index contributed by atoms with van der Waals surface area (Å²) in [6, 6.07) is 13.2. The maximum atomic E-state index is 12.7. The van der Waals surface area contributed by atoms with Crippen LogP contribution in [-0.2, 0) is 18.4 Å². The third-order valence-electron chi connectivity index (χ3n) is 4.80. The lowest BCUT2D eigenvalue weighted by Crippen LogP contribution is -2.12. The van der Waals surface area contributed by atoms with E-state index in [4.69, 9.17) is 9.47 Å². The minimum Gasteiger partial charge on any atom is -0.495 e. The van der Waals surface area contributed by atoms with Crippen LogP contribution in [-0.4, -0.2) is 34.0 Å². The second-order valence-electron chi connectivity index (χ2n) is 7.14. The van der Waals surface area contributed by atoms with Crippen LogP contribution in [0.5, 0.6) is 5.75 Å². The fourth-order valence-corrected chi connectivity index (χ4v) is 3.37. The van der Waals surface area contributed by atoms with Crippen LogP contribution in [0.15, 0.2) is 47.3 Å². The maximum absolute atomic E-state index is 12.7. The molecule has 0 aliphatic rings. The molecular weight excluding hydrogens is 396 g/mol. The molecule has 3 heterocycles. The number of benzene rings is 1. The van der Waals surface area contributed by atoms with Gasteiger partial charge in [-0.25, -0.2) is 9.97 Å². The molecule has 31 heavy (non-hydrogen) atoms. The Bertz CT molecular complexity index is 1290. The van der Waals surface area contributed by atoms with Crippen LogP contribution in [0.2, 0.25) is 0 Å². The third kappa shape index (κ3) is 4.22. The molecule has 0 atom stereocenters. The number of hydrogen-bond donors (Lipinski definition) is 3. The van der Waals surface area contributed by atoms with E-state index in [0.29, 0.717) is 40.7 Å². The molecule has 0 aliphatic heterocycles. The molecule has 0 radical (unpaired) electrons. The van der Waals surface area contributed by atoms with Gasteiger partial charge >= 0.3 is 0 Å². The average molecular weight is 420 g/mol. The molecule has 4 rings (SSSR count). The van der Waals surface area contributed by atoms with Crippen molar-refractivity contribution in [2.45, 2.75) is 13.5 Å². The zero-order valence-corrected chi connectivity index (χ0v) is 17.8. The monoisotopic (exact) mass is 420 g/mol. The van der Waals surface area contributed by atoms with Crippen LogP contribution in [0.1, 0.15) is 11.3 Å². The summed E-state index contributed by atoms with van der Waals surface area (Å²) < 4.78 is 12.1. The summed E-state index contributed by atoms with van der Waals surface area (Å²) in [5, 5.41) is 9.97. The zero-order chi connectivity index (χ0) is 22.0. The number of H-pyrrole nitrogens is 1. The molecule has 3 N–H and O–H groups in total. The Labute approximate surface area is 179 Å². The molecule has 0 saturated heterocycles. The van der Waals surface area contributed by atoms with Gasteiger partial charge in [0.25, 0.3) is 5.56 Å². The number of ether oxygens (including phenoxy) is 2. The van der Waals surface area contributed by atoms with Gasteiger partial charge < -0.3 is 20.1 Å². The molecular formula is C22H24N6O3. The molecule has 0 bridgehead atoms. The maximum Gasteiger partial charge on any atom is 0.277 e. The number of aryl methyl sites for hydroxylation is 2. The first-order chi connectivity index (χ1) is 15.0. The first-order valence-corrected chi connectivity index (χ1v) is 9.72. The number of fused-ring (bicyclic) bond motifs is 1. The van der Waals surface area contributed by atoms with Crippen molar-refractivity contribution in [3.8, 4) is 5.75 Å². The molecule has 0 aliphatic carbocycles. The highest BCUT2D eigenvalue weighted by Gasteiger charge is 2.15. The Morgan fingerprint density at radius 2 is 1.87 bits per heavy atom. The van der Waals surface area contributed by atoms with E-state index >= 15 is 0 Å². The van der Waals surface area contributed by atoms with Gasteiger partial charge in [0.1, 0.15) is 22.8 Å². The summed E-state index contributed by atoms with van der Waals surface area (Å²) in [5.41, 5.74) is 3.47. The summed E-state index contributed by atoms with van der Waals surface area (Å²) in [5.74, 6) is 1.85. The van der Waals surface area contributed by atoms with E-state index in [1.807, 2.05) is 43.3 Å². The number of pyridine rings is 2. The van der Waals surface area contributed by atoms with Crippen molar-refractivity contribution in [1.82, 2.24) is 19.7 Å². The summed E-state index contributed by atoms with van der Waals surface area (Å²) in [6.45, 7) is 2.40. The number of aromatic amines is 1. The van der Waals surface area contributed by atoms with Gasteiger partial charge in [0.05, 0.1) is 25.1 Å². The molecule has 0 amide bonds. The van der Waals surface area contributed by atoms with Gasteiger partial charge in [-0.05, 0) is 36.8 Å². The number of nitrogens with one attached hydrogen (secondary N) is 3. The average Bonchev–Trinajstić information content (AvgIpc) is 3.03. The standard InChI is InChI=1S/C22H24N6O3/c1-13-6-5-7-18(23-13)25-19-11-16(20-21(26-19)27-28(2)22(20)29)24-15-9-8-14(12-30-3)10-17(15)31-4/h5-11H,12H2,1-4H3,(H3,23,24,25,26,27). The molecule has 3 aromatic heterocycles. The lowest BCUT2D eigenvalue weighted by atomic mass is 10.2. The Morgan fingerprint density at radius 1 is 1.03 bits per heavy atom. The summed E-state index contributed by atoms with van der Waals surface area (Å²) in [7, 11) is 4.90. The predicted octanol–water partition coefficient (Wildman–Crippen LogP) is 3.61. The first-order valence-electron chi connectivity index (χ1n) is 9.72. The molecule has 0 saturated carbocycles. The van der Waals surface area contributed by atoms with Crippen LogP contribution in [0, 0.1) is 6.92 Å². The highest BCUT2D eigenvalue weighted by Crippen LogP contribution is 2.32. The number of anilines is 4. The molecule has 9 heteroatoms. The molecule has 9 nitrogen and oxygen atoms in total. The minimum absolute atomic E-state index is 0.180. The summed E-state index contributed by atoms with van der Waals surface area (Å²) >= 11 is 0. The number of methoxy groups -OCH3 is 2. The van der Waals surface area contributed by atoms with E-state index in [2.05, 4.69) is 25.7 Å². The van der Waals surface area contributed by atoms with Crippen molar-refractivity contribution in [1.29, 1.82) is 0 Å². The van der Waals surface area contributed by atoms with Crippen LogP contribution in [0.25, 0.3) is 11.0 Å². The van der Waals surface area contributed by atoms with Crippen molar-refractivity contribution < 1.29 is 9.47 Å². The summed E-state index contributed by atoms with van der Waals surface area (Å²) in [6.07, 6.45) is 0. The van der Waals surface area contributed by atoms with Gasteiger partial charge in [-0.15, -0.1) is 0 Å². The van der Waals surface area contributed by atoms with Crippen LogP contribution >= 0.6 is 0 Å². The minimum atomic E-state index is -0.180. The quantitative estimate of drug-likeness (QED) is 0.419. The predicted molar refractivity (Wildman–Crippen MR) is 121 cm³/mol. The van der Waals surface area contributed by atoms with E-state index in [9.17, 15) is 4.79 Å². The van der Waals surface area contributed by atoms with E-state index < -0.39 is 0 Å². The zero-order valence-electron chi connectivity index (χ0n) is 17.8. The van der Waals surface area contributed by atoms with E-state index in [-0.39, 0.29) is 5.56 Å². The second kappa shape index (κ2) is 8.49. The van der Waals surface area contributed by atoms with E-state index in [1.165, 1.54) is 4.68 Å². The Morgan fingerprint density at radius 3 is 2.61 bits per heavy atom. The lowest BCUT2D eigenvalue weighted by Gasteiger charge is -2.14. The molecule has 1 aromatic carbocycles. The number of rotatable bonds is 7. The highest BCUT2D eigenvalue weighted by atomic mass is 16.5. The SMILES string of the molecule is COCc1ccc(Nc2cc(Nc3cccc(C)n3)nc3[nH]n(C)c(=O)c23)c(OC)c1. The fraction of sp³-hybridized carbons (Fsp3) is 0.227. The topological polar surface area (TPSA) is 106 Å². The van der Waals surface area contributed by atoms with Crippen molar-refractivity contribution in [3.05, 3.63) is 64.1 Å². The van der Waals surface area contributed by atoms with Crippen LogP contribution in [0.3, 0.4) is 0 Å². The Kier molecular flexibility index (Phi) is 5.59. The Hall–Kier alpha value is -3.85.